The van der Waals surface area contributed by atoms with Crippen molar-refractivity contribution in [2.45, 2.75) is 19.4 Å². The molecule has 1 aromatic carbocycles. The first kappa shape index (κ1) is 12.4. The van der Waals surface area contributed by atoms with Crippen LogP contribution in [0, 0.1) is 6.92 Å². The molecule has 0 radical (unpaired) electrons. The Bertz CT molecular complexity index is 596. The van der Waals surface area contributed by atoms with E-state index in [1.165, 1.54) is 0 Å². The summed E-state index contributed by atoms with van der Waals surface area (Å²) in [6.07, 6.45) is 0.322. The molecule has 1 aliphatic rings. The summed E-state index contributed by atoms with van der Waals surface area (Å²) in [6.45, 7) is 4.27. The maximum atomic E-state index is 12.2. The summed E-state index contributed by atoms with van der Waals surface area (Å²) in [5, 5.41) is 4.20. The van der Waals surface area contributed by atoms with Crippen LogP contribution in [-0.4, -0.2) is 31.6 Å². The van der Waals surface area contributed by atoms with Gasteiger partial charge in [0, 0.05) is 24.9 Å². The van der Waals surface area contributed by atoms with Gasteiger partial charge in [-0.25, -0.2) is 0 Å². The normalized spacial score (nSPS) is 19.7. The van der Waals surface area contributed by atoms with Crippen molar-refractivity contribution < 1.29 is 13.9 Å². The molecule has 1 aromatic heterocycles. The minimum Gasteiger partial charge on any atom is -0.453 e. The summed E-state index contributed by atoms with van der Waals surface area (Å²) in [5.74, 6) is 0.428. The third kappa shape index (κ3) is 2.69. The molecule has 1 N–H and O–H groups in total. The van der Waals surface area contributed by atoms with E-state index in [0.29, 0.717) is 18.8 Å². The number of carbonyl (C=O) groups is 1. The number of aryl methyl sites for hydroxylation is 1. The first-order valence-corrected chi connectivity index (χ1v) is 6.58. The molecule has 1 aliphatic heterocycles. The van der Waals surface area contributed by atoms with Crippen LogP contribution < -0.4 is 5.32 Å². The molecule has 1 saturated heterocycles. The minimum absolute atomic E-state index is 0.00236. The van der Waals surface area contributed by atoms with Crippen LogP contribution in [0.1, 0.15) is 22.5 Å². The molecule has 0 saturated carbocycles. The average molecular weight is 259 g/mol. The summed E-state index contributed by atoms with van der Waals surface area (Å²) in [4.78, 5) is 12.2. The maximum absolute atomic E-state index is 12.2. The average Bonchev–Trinajstić information content (AvgIpc) is 2.83. The van der Waals surface area contributed by atoms with E-state index < -0.39 is 0 Å². The molecule has 4 heteroatoms. The summed E-state index contributed by atoms with van der Waals surface area (Å²) in [5.41, 5.74) is 1.92. The summed E-state index contributed by atoms with van der Waals surface area (Å²) in [6, 6.07) is 7.73. The fourth-order valence-corrected chi connectivity index (χ4v) is 2.36. The van der Waals surface area contributed by atoms with Gasteiger partial charge in [0.15, 0.2) is 5.76 Å². The highest BCUT2D eigenvalue weighted by molar-refractivity contribution is 5.97. The number of hydrogen-bond donors (Lipinski definition) is 1. The molecule has 0 aliphatic carbocycles. The van der Waals surface area contributed by atoms with Crippen molar-refractivity contribution in [2.75, 3.05) is 19.7 Å². The number of fused-ring (bicyclic) bond motifs is 1. The zero-order valence-corrected chi connectivity index (χ0v) is 10.9. The Morgan fingerprint density at radius 3 is 3.11 bits per heavy atom. The monoisotopic (exact) mass is 259 g/mol. The van der Waals surface area contributed by atoms with Crippen molar-refractivity contribution in [3.8, 4) is 0 Å². The lowest BCUT2D eigenvalue weighted by molar-refractivity contribution is 0.0234. The van der Waals surface area contributed by atoms with Crippen LogP contribution in [-0.2, 0) is 4.74 Å². The van der Waals surface area contributed by atoms with E-state index in [-0.39, 0.29) is 11.9 Å². The molecule has 0 bridgehead atoms. The number of hydrogen-bond acceptors (Lipinski definition) is 4. The predicted octanol–water partition coefficient (Wildman–Crippen LogP) is 2.30. The largest absolute Gasteiger partial charge is 0.453 e. The van der Waals surface area contributed by atoms with Gasteiger partial charge in [0.25, 0.3) is 0 Å². The molecule has 1 fully saturated rings. The van der Waals surface area contributed by atoms with Gasteiger partial charge in [0.2, 0.25) is 5.78 Å². The molecule has 19 heavy (non-hydrogen) atoms. The smallest absolute Gasteiger partial charge is 0.200 e. The molecular formula is C15H17NO3. The van der Waals surface area contributed by atoms with Gasteiger partial charge in [-0.05, 0) is 25.1 Å². The summed E-state index contributed by atoms with van der Waals surface area (Å²) in [7, 11) is 0. The number of ether oxygens (including phenoxy) is 1. The standard InChI is InChI=1S/C15H17NO3/c1-10-2-3-14-11(6-10)7-15(19-14)13(17)8-12-9-16-4-5-18-12/h2-3,6-7,12,16H,4-5,8-9H2,1H3. The van der Waals surface area contributed by atoms with Crippen molar-refractivity contribution in [1.82, 2.24) is 5.32 Å². The predicted molar refractivity (Wildman–Crippen MR) is 72.5 cm³/mol. The van der Waals surface area contributed by atoms with Crippen molar-refractivity contribution in [2.24, 2.45) is 0 Å². The molecule has 2 heterocycles. The molecule has 2 aromatic rings. The Labute approximate surface area is 111 Å². The molecule has 1 unspecified atom stereocenters. The van der Waals surface area contributed by atoms with Gasteiger partial charge in [0.05, 0.1) is 12.7 Å². The van der Waals surface area contributed by atoms with Crippen LogP contribution in [0.5, 0.6) is 0 Å². The number of ketones is 1. The quantitative estimate of drug-likeness (QED) is 0.859. The first-order chi connectivity index (χ1) is 9.22. The fraction of sp³-hybridized carbons (Fsp3) is 0.400. The summed E-state index contributed by atoms with van der Waals surface area (Å²) < 4.78 is 11.1. The van der Waals surface area contributed by atoms with Gasteiger partial charge >= 0.3 is 0 Å². The third-order valence-electron chi connectivity index (χ3n) is 3.36. The minimum atomic E-state index is -0.0452. The fourth-order valence-electron chi connectivity index (χ4n) is 2.36. The van der Waals surface area contributed by atoms with Crippen LogP contribution in [0.3, 0.4) is 0 Å². The van der Waals surface area contributed by atoms with Crippen molar-refractivity contribution in [3.63, 3.8) is 0 Å². The summed E-state index contributed by atoms with van der Waals surface area (Å²) >= 11 is 0. The van der Waals surface area contributed by atoms with Crippen LogP contribution in [0.2, 0.25) is 0 Å². The molecule has 100 valence electrons. The lowest BCUT2D eigenvalue weighted by Gasteiger charge is -2.22. The number of rotatable bonds is 3. The van der Waals surface area contributed by atoms with E-state index in [4.69, 9.17) is 9.15 Å². The van der Waals surface area contributed by atoms with E-state index in [1.807, 2.05) is 31.2 Å². The second-order valence-electron chi connectivity index (χ2n) is 4.98. The maximum Gasteiger partial charge on any atom is 0.200 e. The number of furan rings is 1. The molecule has 4 nitrogen and oxygen atoms in total. The lowest BCUT2D eigenvalue weighted by Crippen LogP contribution is -2.39. The van der Waals surface area contributed by atoms with Crippen molar-refractivity contribution in [3.05, 3.63) is 35.6 Å². The number of benzene rings is 1. The second kappa shape index (κ2) is 5.15. The van der Waals surface area contributed by atoms with E-state index in [2.05, 4.69) is 5.32 Å². The zero-order valence-electron chi connectivity index (χ0n) is 10.9. The van der Waals surface area contributed by atoms with E-state index in [1.54, 1.807) is 0 Å². The number of carbonyl (C=O) groups excluding carboxylic acids is 1. The van der Waals surface area contributed by atoms with E-state index in [9.17, 15) is 4.79 Å². The number of nitrogens with one attached hydrogen (secondary N) is 1. The number of morpholine rings is 1. The van der Waals surface area contributed by atoms with Gasteiger partial charge in [0.1, 0.15) is 5.58 Å². The Kier molecular flexibility index (Phi) is 3.36. The highest BCUT2D eigenvalue weighted by Crippen LogP contribution is 2.22. The van der Waals surface area contributed by atoms with Gasteiger partial charge in [-0.2, -0.15) is 0 Å². The molecule has 3 rings (SSSR count). The Hall–Kier alpha value is -1.65. The van der Waals surface area contributed by atoms with Gasteiger partial charge < -0.3 is 14.5 Å². The Balaban J connectivity index is 1.77. The van der Waals surface area contributed by atoms with Gasteiger partial charge in [-0.15, -0.1) is 0 Å². The van der Waals surface area contributed by atoms with Crippen LogP contribution in [0.15, 0.2) is 28.7 Å². The highest BCUT2D eigenvalue weighted by Gasteiger charge is 2.20. The molecule has 0 amide bonds. The second-order valence-corrected chi connectivity index (χ2v) is 4.98. The molecule has 1 atom stereocenters. The van der Waals surface area contributed by atoms with Crippen molar-refractivity contribution >= 4 is 16.8 Å². The highest BCUT2D eigenvalue weighted by atomic mass is 16.5. The first-order valence-electron chi connectivity index (χ1n) is 6.58. The number of Topliss-reactive ketones (excluding diaryl/α,β-unsaturated/α-hetero) is 1. The van der Waals surface area contributed by atoms with E-state index >= 15 is 0 Å². The van der Waals surface area contributed by atoms with Gasteiger partial charge in [-0.1, -0.05) is 11.6 Å². The van der Waals surface area contributed by atoms with Crippen LogP contribution in [0.4, 0.5) is 0 Å². The SMILES string of the molecule is Cc1ccc2oc(C(=O)CC3CNCCO3)cc2c1. The Morgan fingerprint density at radius 1 is 1.42 bits per heavy atom. The molecule has 0 spiro atoms. The third-order valence-corrected chi connectivity index (χ3v) is 3.36. The zero-order chi connectivity index (χ0) is 13.2. The topological polar surface area (TPSA) is 51.5 Å². The molecular weight excluding hydrogens is 242 g/mol. The van der Waals surface area contributed by atoms with E-state index in [0.717, 1.165) is 29.6 Å². The Morgan fingerprint density at radius 2 is 2.32 bits per heavy atom. The lowest BCUT2D eigenvalue weighted by atomic mass is 10.1. The van der Waals surface area contributed by atoms with Crippen LogP contribution >= 0.6 is 0 Å². The van der Waals surface area contributed by atoms with Crippen LogP contribution in [0.25, 0.3) is 11.0 Å². The van der Waals surface area contributed by atoms with Crippen molar-refractivity contribution in [1.29, 1.82) is 0 Å². The van der Waals surface area contributed by atoms with Gasteiger partial charge in [-0.3, -0.25) is 4.79 Å².